The highest BCUT2D eigenvalue weighted by Gasteiger charge is 2.18. The maximum atomic E-state index is 12.5. The number of carbonyl (C=O) groups is 2. The van der Waals surface area contributed by atoms with Gasteiger partial charge in [0, 0.05) is 12.8 Å². The molecule has 83 heavy (non-hydrogen) atoms. The van der Waals surface area contributed by atoms with Crippen molar-refractivity contribution in [2.45, 2.75) is 443 Å². The zero-order chi connectivity index (χ0) is 59.9. The highest BCUT2D eigenvalue weighted by Crippen LogP contribution is 2.20. The van der Waals surface area contributed by atoms with Gasteiger partial charge in [-0.1, -0.05) is 385 Å². The Balaban J connectivity index is 3.37. The van der Waals surface area contributed by atoms with Gasteiger partial charge in [-0.25, -0.2) is 0 Å². The van der Waals surface area contributed by atoms with Crippen molar-refractivity contribution >= 4 is 11.9 Å². The fraction of sp³-hybridized carbons (Fsp3) is 0.922. The summed E-state index contributed by atoms with van der Waals surface area (Å²) in [4.78, 5) is 24.6. The van der Waals surface area contributed by atoms with Crippen LogP contribution in [0.15, 0.2) is 24.3 Å². The molecule has 492 valence electrons. The highest BCUT2D eigenvalue weighted by atomic mass is 16.5. The summed E-state index contributed by atoms with van der Waals surface area (Å²) in [5.41, 5.74) is 0. The Labute approximate surface area is 520 Å². The third-order valence-electron chi connectivity index (χ3n) is 18.0. The third-order valence-corrected chi connectivity index (χ3v) is 18.0. The summed E-state index contributed by atoms with van der Waals surface area (Å²) in [5.74, 6) is -0.0487. The average Bonchev–Trinajstić information content (AvgIpc) is 3.48. The number of esters is 1. The van der Waals surface area contributed by atoms with Gasteiger partial charge in [0.05, 0.1) is 25.4 Å². The van der Waals surface area contributed by atoms with E-state index in [1.165, 1.54) is 360 Å². The molecule has 0 spiro atoms. The van der Waals surface area contributed by atoms with Gasteiger partial charge in [0.15, 0.2) is 0 Å². The number of allylic oxidation sites excluding steroid dienone is 3. The van der Waals surface area contributed by atoms with E-state index in [9.17, 15) is 19.8 Å². The SMILES string of the molecule is CCCCCC/C=C\CCCCCCCC(=O)OCCCCCCCCCCCCCCCCCCCCCCCCCCCCCCCC(=O)NC(CO)C(O)/C=C/CCCCCCCCCCCCCCCCCCCCCCCC. The molecule has 0 saturated carbocycles. The molecule has 2 atom stereocenters. The number of aliphatic hydroxyl groups excluding tert-OH is 2. The first-order valence-electron chi connectivity index (χ1n) is 38.1. The normalized spacial score (nSPS) is 12.6. The molecule has 2 unspecified atom stereocenters. The zero-order valence-corrected chi connectivity index (χ0v) is 56.5. The Hall–Kier alpha value is -1.66. The van der Waals surface area contributed by atoms with Crippen molar-refractivity contribution in [2.75, 3.05) is 13.2 Å². The van der Waals surface area contributed by atoms with Crippen LogP contribution in [0.1, 0.15) is 431 Å². The van der Waals surface area contributed by atoms with Crippen LogP contribution >= 0.6 is 0 Å². The van der Waals surface area contributed by atoms with Gasteiger partial charge in [0.25, 0.3) is 0 Å². The lowest BCUT2D eigenvalue weighted by atomic mass is 10.0. The predicted octanol–water partition coefficient (Wildman–Crippen LogP) is 24.9. The molecule has 0 radical (unpaired) electrons. The molecule has 0 heterocycles. The van der Waals surface area contributed by atoms with E-state index in [1.807, 2.05) is 6.08 Å². The summed E-state index contributed by atoms with van der Waals surface area (Å²) in [7, 11) is 0. The maximum absolute atomic E-state index is 12.5. The van der Waals surface area contributed by atoms with Gasteiger partial charge >= 0.3 is 5.97 Å². The van der Waals surface area contributed by atoms with Gasteiger partial charge in [0.2, 0.25) is 5.91 Å². The molecule has 0 rings (SSSR count). The summed E-state index contributed by atoms with van der Waals surface area (Å²) in [5, 5.41) is 23.3. The van der Waals surface area contributed by atoms with E-state index < -0.39 is 12.1 Å². The summed E-state index contributed by atoms with van der Waals surface area (Å²) >= 11 is 0. The molecule has 0 aromatic rings. The number of carbonyl (C=O) groups excluding carboxylic acids is 2. The average molecular weight is 1170 g/mol. The second-order valence-corrected chi connectivity index (χ2v) is 26.3. The van der Waals surface area contributed by atoms with Crippen LogP contribution in [0.25, 0.3) is 0 Å². The standard InChI is InChI=1S/C77H149NO5/c1-3-5-7-9-11-13-15-17-18-19-20-21-22-30-33-36-39-42-46-49-53-57-61-65-69-75(80)74(73-79)78-76(81)70-66-62-58-54-50-47-43-40-37-34-31-28-26-24-23-25-27-29-32-35-38-41-44-48-52-56-60-64-68-72-83-77(82)71-67-63-59-55-51-45-16-14-12-10-8-6-4-2/h14,16,65,69,74-75,79-80H,3-13,15,17-64,66-68,70-73H2,1-2H3,(H,78,81)/b16-14-,69-65+. The number of unbranched alkanes of at least 4 members (excludes halogenated alkanes) is 59. The second-order valence-electron chi connectivity index (χ2n) is 26.3. The van der Waals surface area contributed by atoms with Gasteiger partial charge < -0.3 is 20.3 Å². The molecule has 0 aromatic carbocycles. The summed E-state index contributed by atoms with van der Waals surface area (Å²) in [6.45, 7) is 4.93. The van der Waals surface area contributed by atoms with Crippen LogP contribution in [-0.2, 0) is 14.3 Å². The van der Waals surface area contributed by atoms with E-state index in [1.54, 1.807) is 6.08 Å². The van der Waals surface area contributed by atoms with E-state index in [0.717, 1.165) is 44.9 Å². The molecule has 0 aliphatic rings. The Morgan fingerprint density at radius 3 is 0.867 bits per heavy atom. The van der Waals surface area contributed by atoms with Crippen LogP contribution in [0, 0.1) is 0 Å². The number of aliphatic hydroxyl groups is 2. The Morgan fingerprint density at radius 2 is 0.566 bits per heavy atom. The van der Waals surface area contributed by atoms with Gasteiger partial charge in [-0.05, 0) is 57.8 Å². The monoisotopic (exact) mass is 1170 g/mol. The van der Waals surface area contributed by atoms with E-state index >= 15 is 0 Å². The maximum Gasteiger partial charge on any atom is 0.305 e. The first-order chi connectivity index (χ1) is 41.0. The van der Waals surface area contributed by atoms with Crippen molar-refractivity contribution in [3.05, 3.63) is 24.3 Å². The van der Waals surface area contributed by atoms with Gasteiger partial charge in [-0.2, -0.15) is 0 Å². The summed E-state index contributed by atoms with van der Waals surface area (Å²) < 4.78 is 5.49. The van der Waals surface area contributed by atoms with Crippen molar-refractivity contribution in [3.63, 3.8) is 0 Å². The largest absolute Gasteiger partial charge is 0.466 e. The van der Waals surface area contributed by atoms with E-state index in [0.29, 0.717) is 19.4 Å². The number of hydrogen-bond donors (Lipinski definition) is 3. The van der Waals surface area contributed by atoms with Crippen molar-refractivity contribution in [1.82, 2.24) is 5.32 Å². The van der Waals surface area contributed by atoms with Crippen LogP contribution in [-0.4, -0.2) is 47.4 Å². The highest BCUT2D eigenvalue weighted by molar-refractivity contribution is 5.76. The van der Waals surface area contributed by atoms with Crippen LogP contribution < -0.4 is 5.32 Å². The van der Waals surface area contributed by atoms with Gasteiger partial charge in [-0.3, -0.25) is 9.59 Å². The Bertz CT molecular complexity index is 1300. The quantitative estimate of drug-likeness (QED) is 0.0320. The van der Waals surface area contributed by atoms with Gasteiger partial charge in [0.1, 0.15) is 0 Å². The molecule has 0 bridgehead atoms. The van der Waals surface area contributed by atoms with Crippen molar-refractivity contribution in [3.8, 4) is 0 Å². The molecule has 0 aliphatic carbocycles. The fourth-order valence-electron chi connectivity index (χ4n) is 12.2. The lowest BCUT2D eigenvalue weighted by molar-refractivity contribution is -0.143. The lowest BCUT2D eigenvalue weighted by Crippen LogP contribution is -2.45. The fourth-order valence-corrected chi connectivity index (χ4v) is 12.2. The molecule has 1 amide bonds. The number of hydrogen-bond acceptors (Lipinski definition) is 5. The number of amides is 1. The van der Waals surface area contributed by atoms with Crippen molar-refractivity contribution in [1.29, 1.82) is 0 Å². The number of nitrogens with one attached hydrogen (secondary N) is 1. The molecular formula is C77H149NO5. The first kappa shape index (κ1) is 81.3. The lowest BCUT2D eigenvalue weighted by Gasteiger charge is -2.20. The Kier molecular flexibility index (Phi) is 71.4. The minimum absolute atomic E-state index is 0.0107. The van der Waals surface area contributed by atoms with Crippen LogP contribution in [0.3, 0.4) is 0 Å². The Morgan fingerprint density at radius 1 is 0.325 bits per heavy atom. The van der Waals surface area contributed by atoms with E-state index in [-0.39, 0.29) is 18.5 Å². The van der Waals surface area contributed by atoms with Crippen LogP contribution in [0.2, 0.25) is 0 Å². The summed E-state index contributed by atoms with van der Waals surface area (Å²) in [6.07, 6.45) is 92.9. The minimum atomic E-state index is -0.843. The van der Waals surface area contributed by atoms with Crippen LogP contribution in [0.5, 0.6) is 0 Å². The molecular weight excluding hydrogens is 1020 g/mol. The summed E-state index contributed by atoms with van der Waals surface area (Å²) in [6, 6.07) is -0.626. The molecule has 0 saturated heterocycles. The van der Waals surface area contributed by atoms with Gasteiger partial charge in [-0.15, -0.1) is 0 Å². The second kappa shape index (κ2) is 72.8. The third kappa shape index (κ3) is 69.3. The molecule has 0 aromatic heterocycles. The van der Waals surface area contributed by atoms with Crippen LogP contribution in [0.4, 0.5) is 0 Å². The smallest absolute Gasteiger partial charge is 0.305 e. The minimum Gasteiger partial charge on any atom is -0.466 e. The van der Waals surface area contributed by atoms with Crippen molar-refractivity contribution < 1.29 is 24.5 Å². The molecule has 6 nitrogen and oxygen atoms in total. The topological polar surface area (TPSA) is 95.9 Å². The number of ether oxygens (including phenoxy) is 1. The predicted molar refractivity (Wildman–Crippen MR) is 366 cm³/mol. The molecule has 0 fully saturated rings. The van der Waals surface area contributed by atoms with Crippen molar-refractivity contribution in [2.24, 2.45) is 0 Å². The molecule has 0 aliphatic heterocycles. The van der Waals surface area contributed by atoms with E-state index in [2.05, 4.69) is 31.3 Å². The number of rotatable bonds is 72. The first-order valence-corrected chi connectivity index (χ1v) is 38.1. The zero-order valence-electron chi connectivity index (χ0n) is 56.5. The van der Waals surface area contributed by atoms with E-state index in [4.69, 9.17) is 4.74 Å². The molecule has 3 N–H and O–H groups in total. The molecule has 6 heteroatoms.